The summed E-state index contributed by atoms with van der Waals surface area (Å²) in [6.07, 6.45) is 0.224. The topological polar surface area (TPSA) is 41.1 Å². The van der Waals surface area contributed by atoms with Crippen LogP contribution < -0.4 is 10.6 Å². The van der Waals surface area contributed by atoms with Crippen LogP contribution in [0.2, 0.25) is 0 Å². The van der Waals surface area contributed by atoms with E-state index in [1.807, 2.05) is 13.8 Å². The van der Waals surface area contributed by atoms with Gasteiger partial charge in [-0.25, -0.2) is 8.78 Å². The average Bonchev–Trinajstić information content (AvgIpc) is 2.20. The zero-order chi connectivity index (χ0) is 13.7. The van der Waals surface area contributed by atoms with Gasteiger partial charge in [-0.2, -0.15) is 0 Å². The van der Waals surface area contributed by atoms with Crippen molar-refractivity contribution in [2.45, 2.75) is 26.3 Å². The second kappa shape index (κ2) is 6.68. The Labute approximate surface area is 113 Å². The van der Waals surface area contributed by atoms with Gasteiger partial charge in [0.15, 0.2) is 0 Å². The standard InChI is InChI=1S/C12H15BrF2N2O/c1-7(2)17-11(18)3-4-16-12-9(13)5-8(14)6-10(12)15/h5-7,16H,3-4H2,1-2H3,(H,17,18). The number of nitrogens with one attached hydrogen (secondary N) is 2. The van der Waals surface area contributed by atoms with Gasteiger partial charge in [0.2, 0.25) is 5.91 Å². The minimum atomic E-state index is -0.689. The number of hydrogen-bond donors (Lipinski definition) is 2. The first-order valence-corrected chi connectivity index (χ1v) is 6.37. The summed E-state index contributed by atoms with van der Waals surface area (Å²) in [5.41, 5.74) is 0.161. The second-order valence-corrected chi connectivity index (χ2v) is 5.00. The van der Waals surface area contributed by atoms with Gasteiger partial charge in [0, 0.05) is 29.5 Å². The Kier molecular flexibility index (Phi) is 5.53. The quantitative estimate of drug-likeness (QED) is 0.875. The Morgan fingerprint density at radius 3 is 2.61 bits per heavy atom. The van der Waals surface area contributed by atoms with Crippen LogP contribution in [0.3, 0.4) is 0 Å². The van der Waals surface area contributed by atoms with Crippen LogP contribution in [-0.4, -0.2) is 18.5 Å². The highest BCUT2D eigenvalue weighted by molar-refractivity contribution is 9.10. The van der Waals surface area contributed by atoms with Crippen LogP contribution in [0.5, 0.6) is 0 Å². The van der Waals surface area contributed by atoms with Gasteiger partial charge in [-0.1, -0.05) is 0 Å². The van der Waals surface area contributed by atoms with Crippen LogP contribution >= 0.6 is 15.9 Å². The van der Waals surface area contributed by atoms with Crippen molar-refractivity contribution in [2.24, 2.45) is 0 Å². The number of anilines is 1. The molecule has 0 saturated carbocycles. The fourth-order valence-electron chi connectivity index (χ4n) is 1.41. The van der Waals surface area contributed by atoms with Crippen molar-refractivity contribution in [3.63, 3.8) is 0 Å². The second-order valence-electron chi connectivity index (χ2n) is 4.14. The van der Waals surface area contributed by atoms with Crippen LogP contribution in [0.15, 0.2) is 16.6 Å². The molecule has 1 amide bonds. The van der Waals surface area contributed by atoms with Crippen LogP contribution in [0.4, 0.5) is 14.5 Å². The van der Waals surface area contributed by atoms with E-state index in [0.717, 1.165) is 6.07 Å². The van der Waals surface area contributed by atoms with Crippen LogP contribution in [-0.2, 0) is 4.79 Å². The molecule has 0 fully saturated rings. The summed E-state index contributed by atoms with van der Waals surface area (Å²) in [6.45, 7) is 4.00. The molecule has 0 heterocycles. The zero-order valence-corrected chi connectivity index (χ0v) is 11.8. The number of hydrogen-bond acceptors (Lipinski definition) is 2. The molecule has 0 spiro atoms. The van der Waals surface area contributed by atoms with E-state index in [1.54, 1.807) is 0 Å². The van der Waals surface area contributed by atoms with Crippen molar-refractivity contribution in [3.05, 3.63) is 28.2 Å². The predicted octanol–water partition coefficient (Wildman–Crippen LogP) is 3.05. The summed E-state index contributed by atoms with van der Waals surface area (Å²) in [5, 5.41) is 5.49. The van der Waals surface area contributed by atoms with E-state index in [2.05, 4.69) is 26.6 Å². The van der Waals surface area contributed by atoms with E-state index in [0.29, 0.717) is 4.47 Å². The third-order valence-corrected chi connectivity index (χ3v) is 2.74. The summed E-state index contributed by atoms with van der Waals surface area (Å²) < 4.78 is 26.5. The normalized spacial score (nSPS) is 10.6. The van der Waals surface area contributed by atoms with Gasteiger partial charge in [0.05, 0.1) is 5.69 Å². The maximum atomic E-state index is 13.4. The van der Waals surface area contributed by atoms with E-state index >= 15 is 0 Å². The number of amides is 1. The van der Waals surface area contributed by atoms with Gasteiger partial charge in [0.1, 0.15) is 11.6 Å². The number of carbonyl (C=O) groups excluding carboxylic acids is 1. The molecular formula is C12H15BrF2N2O. The molecule has 2 N–H and O–H groups in total. The van der Waals surface area contributed by atoms with Gasteiger partial charge in [0.25, 0.3) is 0 Å². The van der Waals surface area contributed by atoms with Crippen LogP contribution in [0, 0.1) is 11.6 Å². The molecular weight excluding hydrogens is 306 g/mol. The van der Waals surface area contributed by atoms with Crippen molar-refractivity contribution >= 4 is 27.5 Å². The van der Waals surface area contributed by atoms with Crippen molar-refractivity contribution in [1.29, 1.82) is 0 Å². The lowest BCUT2D eigenvalue weighted by atomic mass is 10.2. The third-order valence-electron chi connectivity index (χ3n) is 2.11. The molecule has 0 aromatic heterocycles. The van der Waals surface area contributed by atoms with Gasteiger partial charge in [-0.05, 0) is 35.8 Å². The average molecular weight is 321 g/mol. The van der Waals surface area contributed by atoms with E-state index in [-0.39, 0.29) is 30.6 Å². The van der Waals surface area contributed by atoms with E-state index < -0.39 is 11.6 Å². The maximum Gasteiger partial charge on any atom is 0.221 e. The number of halogens is 3. The summed E-state index contributed by atoms with van der Waals surface area (Å²) >= 11 is 3.06. The minimum Gasteiger partial charge on any atom is -0.381 e. The highest BCUT2D eigenvalue weighted by Gasteiger charge is 2.10. The van der Waals surface area contributed by atoms with Crippen molar-refractivity contribution in [2.75, 3.05) is 11.9 Å². The molecule has 0 radical (unpaired) electrons. The predicted molar refractivity (Wildman–Crippen MR) is 70.4 cm³/mol. The molecule has 0 aliphatic carbocycles. The third kappa shape index (κ3) is 4.60. The highest BCUT2D eigenvalue weighted by atomic mass is 79.9. The summed E-state index contributed by atoms with van der Waals surface area (Å²) in [4.78, 5) is 11.4. The Bertz CT molecular complexity index is 415. The molecule has 1 aromatic carbocycles. The summed E-state index contributed by atoms with van der Waals surface area (Å²) in [5.74, 6) is -1.45. The largest absolute Gasteiger partial charge is 0.381 e. The summed E-state index contributed by atoms with van der Waals surface area (Å²) in [7, 11) is 0. The molecule has 18 heavy (non-hydrogen) atoms. The van der Waals surface area contributed by atoms with Gasteiger partial charge < -0.3 is 10.6 Å². The smallest absolute Gasteiger partial charge is 0.221 e. The number of rotatable bonds is 5. The molecule has 0 saturated heterocycles. The lowest BCUT2D eigenvalue weighted by molar-refractivity contribution is -0.121. The maximum absolute atomic E-state index is 13.4. The zero-order valence-electron chi connectivity index (χ0n) is 10.2. The fraction of sp³-hybridized carbons (Fsp3) is 0.417. The molecule has 6 heteroatoms. The first-order valence-electron chi connectivity index (χ1n) is 5.58. The highest BCUT2D eigenvalue weighted by Crippen LogP contribution is 2.26. The van der Waals surface area contributed by atoms with Crippen LogP contribution in [0.25, 0.3) is 0 Å². The van der Waals surface area contributed by atoms with E-state index in [4.69, 9.17) is 0 Å². The molecule has 1 rings (SSSR count). The molecule has 0 aliphatic heterocycles. The first kappa shape index (κ1) is 14.9. The lowest BCUT2D eigenvalue weighted by Crippen LogP contribution is -2.31. The number of benzene rings is 1. The molecule has 0 atom stereocenters. The van der Waals surface area contributed by atoms with Crippen molar-refractivity contribution < 1.29 is 13.6 Å². The number of carbonyl (C=O) groups is 1. The van der Waals surface area contributed by atoms with Crippen molar-refractivity contribution in [3.8, 4) is 0 Å². The molecule has 3 nitrogen and oxygen atoms in total. The first-order chi connectivity index (χ1) is 8.40. The molecule has 0 bridgehead atoms. The SMILES string of the molecule is CC(C)NC(=O)CCNc1c(F)cc(F)cc1Br. The Morgan fingerprint density at radius 2 is 2.06 bits per heavy atom. The van der Waals surface area contributed by atoms with E-state index in [1.165, 1.54) is 6.07 Å². The van der Waals surface area contributed by atoms with Crippen molar-refractivity contribution in [1.82, 2.24) is 5.32 Å². The Morgan fingerprint density at radius 1 is 1.39 bits per heavy atom. The van der Waals surface area contributed by atoms with Crippen LogP contribution in [0.1, 0.15) is 20.3 Å². The molecule has 100 valence electrons. The Balaban J connectivity index is 2.52. The molecule has 0 unspecified atom stereocenters. The molecule has 0 aliphatic rings. The van der Waals surface area contributed by atoms with Gasteiger partial charge in [-0.15, -0.1) is 0 Å². The van der Waals surface area contributed by atoms with Gasteiger partial charge in [-0.3, -0.25) is 4.79 Å². The molecule has 1 aromatic rings. The summed E-state index contributed by atoms with van der Waals surface area (Å²) in [6, 6.07) is 2.03. The lowest BCUT2D eigenvalue weighted by Gasteiger charge is -2.11. The minimum absolute atomic E-state index is 0.0757. The van der Waals surface area contributed by atoms with Gasteiger partial charge >= 0.3 is 0 Å². The Hall–Kier alpha value is -1.17. The van der Waals surface area contributed by atoms with E-state index in [9.17, 15) is 13.6 Å². The monoisotopic (exact) mass is 320 g/mol. The fourth-order valence-corrected chi connectivity index (χ4v) is 1.95.